The van der Waals surface area contributed by atoms with E-state index in [1.54, 1.807) is 33.5 Å². The number of hydrogen-bond donors (Lipinski definition) is 0. The van der Waals surface area contributed by atoms with Gasteiger partial charge in [-0.2, -0.15) is 0 Å². The minimum absolute atomic E-state index is 0.0459. The summed E-state index contributed by atoms with van der Waals surface area (Å²) in [6, 6.07) is 16.9. The topological polar surface area (TPSA) is 48.0 Å². The van der Waals surface area contributed by atoms with Crippen molar-refractivity contribution >= 4 is 5.91 Å². The molecule has 0 unspecified atom stereocenters. The Morgan fingerprint density at radius 2 is 1.19 bits per heavy atom. The smallest absolute Gasteiger partial charge is 0.254 e. The highest BCUT2D eigenvalue weighted by atomic mass is 16.5. The summed E-state index contributed by atoms with van der Waals surface area (Å²) in [5.41, 5.74) is 8.11. The number of quaternary nitrogens is 1. The van der Waals surface area contributed by atoms with E-state index in [1.807, 2.05) is 4.90 Å². The van der Waals surface area contributed by atoms with Crippen LogP contribution in [0, 0.1) is 27.7 Å². The molecule has 6 heteroatoms. The van der Waals surface area contributed by atoms with E-state index >= 15 is 0 Å². The van der Waals surface area contributed by atoms with Crippen molar-refractivity contribution in [3.05, 3.63) is 87.5 Å². The highest BCUT2D eigenvalue weighted by molar-refractivity contribution is 5.95. The monoisotopic (exact) mass is 575 g/mol. The van der Waals surface area contributed by atoms with Crippen molar-refractivity contribution in [2.75, 3.05) is 47.5 Å². The van der Waals surface area contributed by atoms with E-state index in [-0.39, 0.29) is 5.91 Å². The number of nitrogens with zero attached hydrogens (tertiary/aromatic N) is 2. The van der Waals surface area contributed by atoms with Gasteiger partial charge in [-0.05, 0) is 72.1 Å². The fourth-order valence-corrected chi connectivity index (χ4v) is 6.16. The predicted octanol–water partition coefficient (Wildman–Crippen LogP) is 7.43. The summed E-state index contributed by atoms with van der Waals surface area (Å²) in [6.45, 7) is 18.6. The van der Waals surface area contributed by atoms with Crippen molar-refractivity contribution in [3.8, 4) is 17.2 Å². The zero-order valence-electron chi connectivity index (χ0n) is 27.3. The van der Waals surface area contributed by atoms with E-state index in [0.717, 1.165) is 49.1 Å². The van der Waals surface area contributed by atoms with E-state index in [0.29, 0.717) is 35.9 Å². The van der Waals surface area contributed by atoms with Gasteiger partial charge in [-0.1, -0.05) is 58.7 Å². The lowest BCUT2D eigenvalue weighted by molar-refractivity contribution is -0.938. The van der Waals surface area contributed by atoms with Gasteiger partial charge >= 0.3 is 0 Å². The third-order valence-electron chi connectivity index (χ3n) is 8.31. The number of aryl methyl sites for hydroxylation is 4. The summed E-state index contributed by atoms with van der Waals surface area (Å²) in [5, 5.41) is 0. The Morgan fingerprint density at radius 3 is 1.64 bits per heavy atom. The lowest BCUT2D eigenvalue weighted by Gasteiger charge is -2.37. The van der Waals surface area contributed by atoms with Crippen LogP contribution in [0.3, 0.4) is 0 Å². The molecule has 0 atom stereocenters. The minimum Gasteiger partial charge on any atom is -0.493 e. The van der Waals surface area contributed by atoms with Crippen molar-refractivity contribution in [3.63, 3.8) is 0 Å². The van der Waals surface area contributed by atoms with E-state index in [1.165, 1.54) is 27.8 Å². The van der Waals surface area contributed by atoms with Gasteiger partial charge in [0, 0.05) is 24.2 Å². The first-order chi connectivity index (χ1) is 20.1. The zero-order valence-corrected chi connectivity index (χ0v) is 27.3. The summed E-state index contributed by atoms with van der Waals surface area (Å²) in [4.78, 5) is 16.0. The van der Waals surface area contributed by atoms with Gasteiger partial charge in [0.2, 0.25) is 5.75 Å². The quantitative estimate of drug-likeness (QED) is 0.140. The summed E-state index contributed by atoms with van der Waals surface area (Å²) in [7, 11) is 4.71. The molecule has 0 spiro atoms. The number of carbonyl (C=O) groups excluding carboxylic acids is 1. The lowest BCUT2D eigenvalue weighted by atomic mass is 10.0. The van der Waals surface area contributed by atoms with Gasteiger partial charge in [0.05, 0.1) is 41.0 Å². The molecule has 0 N–H and O–H groups in total. The van der Waals surface area contributed by atoms with Gasteiger partial charge < -0.3 is 23.6 Å². The molecule has 3 aromatic carbocycles. The van der Waals surface area contributed by atoms with Crippen molar-refractivity contribution in [2.24, 2.45) is 0 Å². The Hall–Kier alpha value is -3.51. The van der Waals surface area contributed by atoms with Gasteiger partial charge in [-0.25, -0.2) is 0 Å². The molecular weight excluding hydrogens is 524 g/mol. The van der Waals surface area contributed by atoms with E-state index in [2.05, 4.69) is 77.9 Å². The molecule has 6 nitrogen and oxygen atoms in total. The Bertz CT molecular complexity index is 1280. The summed E-state index contributed by atoms with van der Waals surface area (Å²) >= 11 is 0. The molecule has 0 fully saturated rings. The van der Waals surface area contributed by atoms with Crippen LogP contribution in [0.2, 0.25) is 0 Å². The van der Waals surface area contributed by atoms with E-state index < -0.39 is 0 Å². The number of hydrogen-bond acceptors (Lipinski definition) is 4. The fraction of sp³-hybridized carbons (Fsp3) is 0.472. The predicted molar refractivity (Wildman–Crippen MR) is 172 cm³/mol. The fourth-order valence-electron chi connectivity index (χ4n) is 6.16. The van der Waals surface area contributed by atoms with E-state index in [9.17, 15) is 4.79 Å². The number of benzene rings is 3. The lowest BCUT2D eigenvalue weighted by Crippen LogP contribution is -2.47. The van der Waals surface area contributed by atoms with Gasteiger partial charge in [0.25, 0.3) is 5.91 Å². The average Bonchev–Trinajstić information content (AvgIpc) is 2.95. The SMILES string of the molecule is CC[N+](CC)(CCCCN(Cc1cc(C)cc(C)c1)C(=O)c1cc(OC)c(OC)c(OC)c1)Cc1cc(C)cc(C)c1. The van der Waals surface area contributed by atoms with Crippen molar-refractivity contribution in [1.82, 2.24) is 4.90 Å². The van der Waals surface area contributed by atoms with Crippen LogP contribution in [0.25, 0.3) is 0 Å². The van der Waals surface area contributed by atoms with Crippen LogP contribution in [0.4, 0.5) is 0 Å². The molecule has 0 aliphatic heterocycles. The van der Waals surface area contributed by atoms with Crippen LogP contribution in [-0.4, -0.2) is 62.8 Å². The van der Waals surface area contributed by atoms with Crippen molar-refractivity contribution in [2.45, 2.75) is 67.5 Å². The zero-order chi connectivity index (χ0) is 30.9. The Labute approximate surface area is 253 Å². The van der Waals surface area contributed by atoms with Crippen LogP contribution in [0.15, 0.2) is 48.5 Å². The molecule has 0 radical (unpaired) electrons. The first-order valence-corrected chi connectivity index (χ1v) is 15.2. The molecule has 0 aliphatic rings. The van der Waals surface area contributed by atoms with Crippen molar-refractivity contribution in [1.29, 1.82) is 0 Å². The molecule has 1 amide bonds. The standard InChI is InChI=1S/C36H51N2O4/c1-10-38(11-2,25-31-20-28(5)17-29(6)21-31)15-13-12-14-37(24-30-18-26(3)16-27(4)19-30)36(39)32-22-33(40-7)35(42-9)34(23-32)41-8/h16-23H,10-15,24-25H2,1-9H3/q+1. The summed E-state index contributed by atoms with van der Waals surface area (Å²) in [6.07, 6.45) is 1.96. The molecule has 0 saturated heterocycles. The molecule has 3 rings (SSSR count). The molecule has 0 bridgehead atoms. The number of amides is 1. The Kier molecular flexibility index (Phi) is 11.9. The Balaban J connectivity index is 1.82. The maximum atomic E-state index is 14.0. The number of methoxy groups -OCH3 is 3. The highest BCUT2D eigenvalue weighted by Gasteiger charge is 2.25. The van der Waals surface area contributed by atoms with E-state index in [4.69, 9.17) is 14.2 Å². The molecule has 0 saturated carbocycles. The van der Waals surface area contributed by atoms with Crippen LogP contribution in [0.1, 0.15) is 70.4 Å². The van der Waals surface area contributed by atoms with Crippen LogP contribution in [-0.2, 0) is 13.1 Å². The first kappa shape index (κ1) is 33.0. The minimum atomic E-state index is -0.0459. The molecule has 0 heterocycles. The van der Waals surface area contributed by atoms with Gasteiger partial charge in [0.15, 0.2) is 11.5 Å². The average molecular weight is 576 g/mol. The molecule has 42 heavy (non-hydrogen) atoms. The molecule has 228 valence electrons. The largest absolute Gasteiger partial charge is 0.493 e. The second-order valence-corrected chi connectivity index (χ2v) is 11.7. The van der Waals surface area contributed by atoms with Gasteiger partial charge in [-0.3, -0.25) is 4.79 Å². The maximum Gasteiger partial charge on any atom is 0.254 e. The molecule has 0 aromatic heterocycles. The maximum absolute atomic E-state index is 14.0. The molecule has 0 aliphatic carbocycles. The Morgan fingerprint density at radius 1 is 0.690 bits per heavy atom. The van der Waals surface area contributed by atoms with Crippen LogP contribution in [0.5, 0.6) is 17.2 Å². The number of ether oxygens (including phenoxy) is 3. The van der Waals surface area contributed by atoms with Crippen LogP contribution < -0.4 is 14.2 Å². The third kappa shape index (κ3) is 8.51. The van der Waals surface area contributed by atoms with Crippen LogP contribution >= 0.6 is 0 Å². The number of unbranched alkanes of at least 4 members (excludes halogenated alkanes) is 1. The van der Waals surface area contributed by atoms with Gasteiger partial charge in [0.1, 0.15) is 6.54 Å². The summed E-state index contributed by atoms with van der Waals surface area (Å²) < 4.78 is 17.6. The summed E-state index contributed by atoms with van der Waals surface area (Å²) in [5.74, 6) is 1.39. The first-order valence-electron chi connectivity index (χ1n) is 15.2. The second-order valence-electron chi connectivity index (χ2n) is 11.7. The van der Waals surface area contributed by atoms with Gasteiger partial charge in [-0.15, -0.1) is 0 Å². The normalized spacial score (nSPS) is 11.4. The van der Waals surface area contributed by atoms with Crippen molar-refractivity contribution < 1.29 is 23.5 Å². The highest BCUT2D eigenvalue weighted by Crippen LogP contribution is 2.38. The third-order valence-corrected chi connectivity index (χ3v) is 8.31. The molecular formula is C36H51N2O4+. The second kappa shape index (κ2) is 15.1. The molecule has 3 aromatic rings. The number of rotatable bonds is 15. The number of carbonyl (C=O) groups is 1.